The Morgan fingerprint density at radius 1 is 0.962 bits per heavy atom. The standard InChI is InChI=1S/C21H16F2O3/c22-17-10-15(12-24-19-9-5-4-8-18(19)23)20-16(11-17)13-25-21(26-20)14-6-2-1-3-7-14/h1-11,21H,12-13H2/t21-/m1/s1. The maximum absolute atomic E-state index is 13.9. The second-order valence-electron chi connectivity index (χ2n) is 5.94. The summed E-state index contributed by atoms with van der Waals surface area (Å²) in [7, 11) is 0. The lowest BCUT2D eigenvalue weighted by molar-refractivity contribution is -0.112. The molecule has 0 aromatic heterocycles. The lowest BCUT2D eigenvalue weighted by Crippen LogP contribution is -2.19. The van der Waals surface area contributed by atoms with Gasteiger partial charge in [0, 0.05) is 16.7 Å². The van der Waals surface area contributed by atoms with E-state index in [1.165, 1.54) is 24.3 Å². The smallest absolute Gasteiger partial charge is 0.227 e. The third kappa shape index (κ3) is 3.39. The van der Waals surface area contributed by atoms with Gasteiger partial charge in [-0.15, -0.1) is 0 Å². The van der Waals surface area contributed by atoms with Crippen LogP contribution >= 0.6 is 0 Å². The van der Waals surface area contributed by atoms with Gasteiger partial charge >= 0.3 is 0 Å². The second-order valence-corrected chi connectivity index (χ2v) is 5.94. The van der Waals surface area contributed by atoms with Crippen LogP contribution in [0.4, 0.5) is 8.78 Å². The van der Waals surface area contributed by atoms with E-state index < -0.39 is 17.9 Å². The van der Waals surface area contributed by atoms with Crippen LogP contribution in [-0.4, -0.2) is 0 Å². The molecule has 1 heterocycles. The van der Waals surface area contributed by atoms with Crippen LogP contribution in [0.25, 0.3) is 0 Å². The highest BCUT2D eigenvalue weighted by Crippen LogP contribution is 2.37. The average Bonchev–Trinajstić information content (AvgIpc) is 2.67. The topological polar surface area (TPSA) is 27.7 Å². The highest BCUT2D eigenvalue weighted by molar-refractivity contribution is 5.43. The van der Waals surface area contributed by atoms with Crippen molar-refractivity contribution in [2.24, 2.45) is 0 Å². The van der Waals surface area contributed by atoms with Gasteiger partial charge in [-0.2, -0.15) is 0 Å². The van der Waals surface area contributed by atoms with E-state index in [1.807, 2.05) is 30.3 Å². The van der Waals surface area contributed by atoms with Crippen molar-refractivity contribution >= 4 is 0 Å². The summed E-state index contributed by atoms with van der Waals surface area (Å²) in [4.78, 5) is 0. The van der Waals surface area contributed by atoms with Crippen molar-refractivity contribution in [3.8, 4) is 11.5 Å². The van der Waals surface area contributed by atoms with E-state index in [4.69, 9.17) is 14.2 Å². The molecule has 3 aromatic carbocycles. The van der Waals surface area contributed by atoms with Crippen LogP contribution in [0.15, 0.2) is 66.7 Å². The summed E-state index contributed by atoms with van der Waals surface area (Å²) in [5.41, 5.74) is 1.97. The molecule has 0 aliphatic carbocycles. The van der Waals surface area contributed by atoms with Crippen LogP contribution in [0.3, 0.4) is 0 Å². The van der Waals surface area contributed by atoms with Crippen molar-refractivity contribution in [1.82, 2.24) is 0 Å². The van der Waals surface area contributed by atoms with Gasteiger partial charge in [-0.3, -0.25) is 0 Å². The van der Waals surface area contributed by atoms with Gasteiger partial charge in [0.15, 0.2) is 11.6 Å². The molecule has 0 spiro atoms. The monoisotopic (exact) mass is 354 g/mol. The maximum Gasteiger partial charge on any atom is 0.227 e. The van der Waals surface area contributed by atoms with E-state index in [0.29, 0.717) is 16.9 Å². The molecule has 0 unspecified atom stereocenters. The first kappa shape index (κ1) is 16.5. The molecule has 0 amide bonds. The Hall–Kier alpha value is -2.92. The first-order valence-corrected chi connectivity index (χ1v) is 8.22. The van der Waals surface area contributed by atoms with Crippen molar-refractivity contribution < 1.29 is 23.0 Å². The largest absolute Gasteiger partial charge is 0.486 e. The van der Waals surface area contributed by atoms with Crippen LogP contribution in [-0.2, 0) is 18.0 Å². The molecule has 3 nitrogen and oxygen atoms in total. The van der Waals surface area contributed by atoms with Crippen LogP contribution in [0.5, 0.6) is 11.5 Å². The predicted molar refractivity (Wildman–Crippen MR) is 91.7 cm³/mol. The van der Waals surface area contributed by atoms with Gasteiger partial charge in [-0.1, -0.05) is 42.5 Å². The summed E-state index contributed by atoms with van der Waals surface area (Å²) in [6.07, 6.45) is -0.582. The van der Waals surface area contributed by atoms with E-state index in [1.54, 1.807) is 12.1 Å². The third-order valence-corrected chi connectivity index (χ3v) is 4.11. The molecule has 0 saturated carbocycles. The van der Waals surface area contributed by atoms with Gasteiger partial charge in [0.2, 0.25) is 6.29 Å². The summed E-state index contributed by atoms with van der Waals surface area (Å²) < 4.78 is 44.9. The van der Waals surface area contributed by atoms with E-state index in [9.17, 15) is 8.78 Å². The molecule has 0 N–H and O–H groups in total. The highest BCUT2D eigenvalue weighted by Gasteiger charge is 2.25. The zero-order valence-electron chi connectivity index (χ0n) is 13.8. The van der Waals surface area contributed by atoms with Gasteiger partial charge in [-0.25, -0.2) is 8.78 Å². The van der Waals surface area contributed by atoms with Crippen molar-refractivity contribution in [1.29, 1.82) is 0 Å². The SMILES string of the molecule is Fc1cc(COc2ccccc2F)c2c(c1)CO[C@@H](c1ccccc1)O2. The van der Waals surface area contributed by atoms with Crippen molar-refractivity contribution in [2.45, 2.75) is 19.5 Å². The first-order chi connectivity index (χ1) is 12.7. The molecule has 3 aromatic rings. The van der Waals surface area contributed by atoms with Crippen molar-refractivity contribution in [3.63, 3.8) is 0 Å². The molecule has 1 aliphatic heterocycles. The van der Waals surface area contributed by atoms with E-state index in [-0.39, 0.29) is 19.0 Å². The number of hydrogen-bond acceptors (Lipinski definition) is 3. The fourth-order valence-electron chi connectivity index (χ4n) is 2.88. The molecule has 0 radical (unpaired) electrons. The van der Waals surface area contributed by atoms with E-state index in [2.05, 4.69) is 0 Å². The normalized spacial score (nSPS) is 15.8. The molecule has 26 heavy (non-hydrogen) atoms. The van der Waals surface area contributed by atoms with Gasteiger partial charge in [0.25, 0.3) is 0 Å². The molecule has 132 valence electrons. The van der Waals surface area contributed by atoms with Gasteiger partial charge in [-0.05, 0) is 24.3 Å². The summed E-state index contributed by atoms with van der Waals surface area (Å²) in [5.74, 6) is -0.259. The maximum atomic E-state index is 13.9. The lowest BCUT2D eigenvalue weighted by Gasteiger charge is -2.28. The lowest BCUT2D eigenvalue weighted by atomic mass is 10.1. The molecular formula is C21H16F2O3. The van der Waals surface area contributed by atoms with Gasteiger partial charge in [0.05, 0.1) is 6.61 Å². The summed E-state index contributed by atoms with van der Waals surface area (Å²) in [6.45, 7) is 0.210. The minimum atomic E-state index is -0.582. The first-order valence-electron chi connectivity index (χ1n) is 8.22. The van der Waals surface area contributed by atoms with Crippen molar-refractivity contribution in [2.75, 3.05) is 0 Å². The van der Waals surface area contributed by atoms with Crippen LogP contribution in [0.1, 0.15) is 23.0 Å². The zero-order valence-corrected chi connectivity index (χ0v) is 13.8. The molecule has 0 saturated heterocycles. The Morgan fingerprint density at radius 2 is 1.73 bits per heavy atom. The fourth-order valence-corrected chi connectivity index (χ4v) is 2.88. The Kier molecular flexibility index (Phi) is 4.54. The highest BCUT2D eigenvalue weighted by atomic mass is 19.1. The number of para-hydroxylation sites is 1. The molecule has 0 bridgehead atoms. The molecule has 4 rings (SSSR count). The zero-order chi connectivity index (χ0) is 17.9. The fraction of sp³-hybridized carbons (Fsp3) is 0.143. The predicted octanol–water partition coefficient (Wildman–Crippen LogP) is 5.15. The average molecular weight is 354 g/mol. The number of halogens is 2. The van der Waals surface area contributed by atoms with Gasteiger partial charge < -0.3 is 14.2 Å². The number of fused-ring (bicyclic) bond motifs is 1. The Balaban J connectivity index is 1.60. The van der Waals surface area contributed by atoms with Crippen LogP contribution < -0.4 is 9.47 Å². The summed E-state index contributed by atoms with van der Waals surface area (Å²) >= 11 is 0. The summed E-state index contributed by atoms with van der Waals surface area (Å²) in [5, 5.41) is 0. The molecular weight excluding hydrogens is 338 g/mol. The van der Waals surface area contributed by atoms with Crippen LogP contribution in [0, 0.1) is 11.6 Å². The Morgan fingerprint density at radius 3 is 2.54 bits per heavy atom. The second kappa shape index (κ2) is 7.14. The Bertz CT molecular complexity index is 912. The molecule has 1 atom stereocenters. The number of hydrogen-bond donors (Lipinski definition) is 0. The molecule has 1 aliphatic rings. The van der Waals surface area contributed by atoms with Crippen LogP contribution in [0.2, 0.25) is 0 Å². The Labute approximate surface area is 149 Å². The minimum Gasteiger partial charge on any atom is -0.486 e. The van der Waals surface area contributed by atoms with Crippen molar-refractivity contribution in [3.05, 3.63) is 95.1 Å². The summed E-state index contributed by atoms with van der Waals surface area (Å²) in [6, 6.07) is 18.3. The van der Waals surface area contributed by atoms with E-state index >= 15 is 0 Å². The van der Waals surface area contributed by atoms with Gasteiger partial charge in [0.1, 0.15) is 18.2 Å². The molecule has 5 heteroatoms. The number of rotatable bonds is 4. The third-order valence-electron chi connectivity index (χ3n) is 4.11. The quantitative estimate of drug-likeness (QED) is 0.648. The number of benzene rings is 3. The van der Waals surface area contributed by atoms with E-state index in [0.717, 1.165) is 5.56 Å². The number of ether oxygens (including phenoxy) is 3. The minimum absolute atomic E-state index is 0.0114. The molecule has 0 fully saturated rings.